The standard InChI is InChI=1S/C28H44O2/c1-4-23-10-12-26(13-11-23)30-27(29-15-14-24-8-6-5-7-9-24)28-18-21(2)16-25(20-28)17-22(3)19-28/h10-13,21-22,24-25,27H,4-9,14-20H2,1-3H3. The molecule has 0 amide bonds. The second-order valence-electron chi connectivity index (χ2n) is 11.1. The molecule has 3 atom stereocenters. The maximum absolute atomic E-state index is 6.70. The van der Waals surface area contributed by atoms with Crippen molar-refractivity contribution in [3.05, 3.63) is 29.8 Å². The summed E-state index contributed by atoms with van der Waals surface area (Å²) in [5, 5.41) is 0. The van der Waals surface area contributed by atoms with Gasteiger partial charge >= 0.3 is 0 Å². The van der Waals surface area contributed by atoms with Gasteiger partial charge in [0, 0.05) is 5.41 Å². The van der Waals surface area contributed by atoms with Gasteiger partial charge in [0.1, 0.15) is 5.75 Å². The van der Waals surface area contributed by atoms with Gasteiger partial charge in [0.15, 0.2) is 0 Å². The molecule has 3 aliphatic rings. The Kier molecular flexibility index (Phi) is 7.44. The molecule has 2 nitrogen and oxygen atoms in total. The summed E-state index contributed by atoms with van der Waals surface area (Å²) in [4.78, 5) is 0. The predicted molar refractivity (Wildman–Crippen MR) is 125 cm³/mol. The Morgan fingerprint density at radius 1 is 0.933 bits per heavy atom. The fraction of sp³-hybridized carbons (Fsp3) is 0.786. The average molecular weight is 413 g/mol. The van der Waals surface area contributed by atoms with Gasteiger partial charge in [-0.05, 0) is 86.3 Å². The van der Waals surface area contributed by atoms with Gasteiger partial charge in [-0.3, -0.25) is 0 Å². The lowest BCUT2D eigenvalue weighted by Gasteiger charge is -2.52. The predicted octanol–water partition coefficient (Wildman–Crippen LogP) is 7.79. The van der Waals surface area contributed by atoms with Crippen molar-refractivity contribution in [2.45, 2.75) is 104 Å². The summed E-state index contributed by atoms with van der Waals surface area (Å²) in [6, 6.07) is 8.73. The number of ether oxygens (including phenoxy) is 2. The van der Waals surface area contributed by atoms with Crippen LogP contribution in [0.25, 0.3) is 0 Å². The van der Waals surface area contributed by atoms with Crippen LogP contribution in [-0.2, 0) is 11.2 Å². The lowest BCUT2D eigenvalue weighted by molar-refractivity contribution is -0.199. The van der Waals surface area contributed by atoms with Crippen LogP contribution in [0.4, 0.5) is 0 Å². The maximum atomic E-state index is 6.70. The molecule has 2 heteroatoms. The third-order valence-corrected chi connectivity index (χ3v) is 8.27. The van der Waals surface area contributed by atoms with E-state index in [1.165, 1.54) is 76.2 Å². The van der Waals surface area contributed by atoms with E-state index in [1.54, 1.807) is 0 Å². The van der Waals surface area contributed by atoms with E-state index in [0.717, 1.165) is 42.4 Å². The van der Waals surface area contributed by atoms with E-state index in [2.05, 4.69) is 45.0 Å². The lowest BCUT2D eigenvalue weighted by Crippen LogP contribution is -2.50. The molecule has 0 aliphatic heterocycles. The number of benzene rings is 1. The van der Waals surface area contributed by atoms with Crippen LogP contribution in [0.15, 0.2) is 24.3 Å². The largest absolute Gasteiger partial charge is 0.464 e. The third-order valence-electron chi connectivity index (χ3n) is 8.27. The van der Waals surface area contributed by atoms with Crippen LogP contribution in [0.2, 0.25) is 0 Å². The van der Waals surface area contributed by atoms with Crippen molar-refractivity contribution in [2.75, 3.05) is 6.61 Å². The molecule has 4 rings (SSSR count). The normalized spacial score (nSPS) is 33.2. The molecule has 3 saturated carbocycles. The maximum Gasteiger partial charge on any atom is 0.205 e. The van der Waals surface area contributed by atoms with Gasteiger partial charge in [-0.1, -0.05) is 65.0 Å². The van der Waals surface area contributed by atoms with Crippen LogP contribution in [-0.4, -0.2) is 12.9 Å². The van der Waals surface area contributed by atoms with Crippen LogP contribution in [0.5, 0.6) is 5.75 Å². The molecule has 0 saturated heterocycles. The zero-order valence-electron chi connectivity index (χ0n) is 19.7. The summed E-state index contributed by atoms with van der Waals surface area (Å²) in [5.74, 6) is 4.27. The van der Waals surface area contributed by atoms with Crippen molar-refractivity contribution in [2.24, 2.45) is 29.1 Å². The van der Waals surface area contributed by atoms with Crippen molar-refractivity contribution < 1.29 is 9.47 Å². The second kappa shape index (κ2) is 10.1. The molecule has 1 aromatic carbocycles. The molecule has 168 valence electrons. The van der Waals surface area contributed by atoms with Crippen molar-refractivity contribution in [1.82, 2.24) is 0 Å². The van der Waals surface area contributed by atoms with Gasteiger partial charge < -0.3 is 9.47 Å². The van der Waals surface area contributed by atoms with Gasteiger partial charge in [0.2, 0.25) is 6.29 Å². The second-order valence-corrected chi connectivity index (χ2v) is 11.1. The lowest BCUT2D eigenvalue weighted by atomic mass is 9.56. The first-order valence-corrected chi connectivity index (χ1v) is 12.9. The molecule has 30 heavy (non-hydrogen) atoms. The van der Waals surface area contributed by atoms with Crippen LogP contribution in [0, 0.1) is 29.1 Å². The minimum Gasteiger partial charge on any atom is -0.464 e. The SMILES string of the molecule is CCc1ccc(OC(OCCC2CCCCC2)C23CC(C)CC(CC(C)C2)C3)cc1. The summed E-state index contributed by atoms with van der Waals surface area (Å²) in [7, 11) is 0. The van der Waals surface area contributed by atoms with E-state index >= 15 is 0 Å². The molecule has 3 unspecified atom stereocenters. The van der Waals surface area contributed by atoms with Gasteiger partial charge in [-0.25, -0.2) is 0 Å². The van der Waals surface area contributed by atoms with E-state index < -0.39 is 0 Å². The van der Waals surface area contributed by atoms with Crippen LogP contribution in [0.3, 0.4) is 0 Å². The fourth-order valence-electron chi connectivity index (χ4n) is 7.15. The van der Waals surface area contributed by atoms with E-state index in [1.807, 2.05) is 0 Å². The minimum atomic E-state index is -0.0958. The fourth-order valence-corrected chi connectivity index (χ4v) is 7.15. The quantitative estimate of drug-likeness (QED) is 0.406. The molecule has 1 aromatic rings. The van der Waals surface area contributed by atoms with Gasteiger partial charge in [0.25, 0.3) is 0 Å². The van der Waals surface area contributed by atoms with E-state index in [0.29, 0.717) is 0 Å². The van der Waals surface area contributed by atoms with Gasteiger partial charge in [0.05, 0.1) is 6.61 Å². The molecule has 0 spiro atoms. The Morgan fingerprint density at radius 3 is 2.23 bits per heavy atom. The summed E-state index contributed by atoms with van der Waals surface area (Å²) >= 11 is 0. The monoisotopic (exact) mass is 412 g/mol. The first kappa shape index (κ1) is 22.2. The number of fused-ring (bicyclic) bond motifs is 2. The van der Waals surface area contributed by atoms with Crippen molar-refractivity contribution >= 4 is 0 Å². The van der Waals surface area contributed by atoms with Crippen LogP contribution >= 0.6 is 0 Å². The van der Waals surface area contributed by atoms with Gasteiger partial charge in [-0.15, -0.1) is 0 Å². The Labute approximate surface area is 185 Å². The first-order chi connectivity index (χ1) is 14.6. The minimum absolute atomic E-state index is 0.0958. The number of rotatable bonds is 8. The zero-order chi connectivity index (χ0) is 21.0. The third kappa shape index (κ3) is 5.42. The summed E-state index contributed by atoms with van der Waals surface area (Å²) in [5.41, 5.74) is 1.56. The molecule has 0 N–H and O–H groups in total. The Balaban J connectivity index is 1.49. The molecule has 3 fully saturated rings. The summed E-state index contributed by atoms with van der Waals surface area (Å²) in [6.07, 6.45) is 15.8. The Bertz CT molecular complexity index is 626. The molecular weight excluding hydrogens is 368 g/mol. The molecule has 3 aliphatic carbocycles. The molecule has 2 bridgehead atoms. The summed E-state index contributed by atoms with van der Waals surface area (Å²) in [6.45, 7) is 7.97. The van der Waals surface area contributed by atoms with Gasteiger partial charge in [-0.2, -0.15) is 0 Å². The highest BCUT2D eigenvalue weighted by Gasteiger charge is 2.50. The zero-order valence-corrected chi connectivity index (χ0v) is 19.7. The Hall–Kier alpha value is -1.02. The van der Waals surface area contributed by atoms with E-state index in [-0.39, 0.29) is 11.7 Å². The number of aryl methyl sites for hydroxylation is 1. The van der Waals surface area contributed by atoms with Crippen molar-refractivity contribution in [3.63, 3.8) is 0 Å². The number of hydrogen-bond acceptors (Lipinski definition) is 2. The van der Waals surface area contributed by atoms with Crippen LogP contribution < -0.4 is 4.74 Å². The average Bonchev–Trinajstić information content (AvgIpc) is 2.73. The van der Waals surface area contributed by atoms with Crippen LogP contribution in [0.1, 0.15) is 97.0 Å². The molecule has 0 aromatic heterocycles. The first-order valence-electron chi connectivity index (χ1n) is 12.9. The van der Waals surface area contributed by atoms with Crippen molar-refractivity contribution in [1.29, 1.82) is 0 Å². The van der Waals surface area contributed by atoms with E-state index in [9.17, 15) is 0 Å². The smallest absolute Gasteiger partial charge is 0.205 e. The topological polar surface area (TPSA) is 18.5 Å². The van der Waals surface area contributed by atoms with Crippen molar-refractivity contribution in [3.8, 4) is 5.75 Å². The molecule has 0 radical (unpaired) electrons. The molecular formula is C28H44O2. The highest BCUT2D eigenvalue weighted by Crippen LogP contribution is 2.55. The number of hydrogen-bond donors (Lipinski definition) is 0. The summed E-state index contributed by atoms with van der Waals surface area (Å²) < 4.78 is 13.4. The highest BCUT2D eigenvalue weighted by atomic mass is 16.7. The van der Waals surface area contributed by atoms with E-state index in [4.69, 9.17) is 9.47 Å². The molecule has 0 heterocycles. The highest BCUT2D eigenvalue weighted by molar-refractivity contribution is 5.27. The Morgan fingerprint density at radius 2 is 1.60 bits per heavy atom.